The van der Waals surface area contributed by atoms with Crippen molar-refractivity contribution in [2.45, 2.75) is 147 Å². The number of aromatic nitrogens is 2. The van der Waals surface area contributed by atoms with Crippen LogP contribution in [0.4, 0.5) is 0 Å². The van der Waals surface area contributed by atoms with Crippen molar-refractivity contribution >= 4 is 12.5 Å². The van der Waals surface area contributed by atoms with Crippen molar-refractivity contribution < 1.29 is 38.7 Å². The summed E-state index contributed by atoms with van der Waals surface area (Å²) in [6, 6.07) is 9.14. The summed E-state index contributed by atoms with van der Waals surface area (Å²) in [4.78, 5) is 0. The number of allylic oxidation sites excluding steroid dienone is 1. The number of benzene rings is 2. The number of rotatable bonds is 6. The first-order valence-electron chi connectivity index (χ1n) is 17.6. The smallest absolute Gasteiger partial charge is 1.00 e. The number of nitrogens with zero attached hydrogens (tertiary/aromatic N) is 2. The quantitative estimate of drug-likeness (QED) is 0.209. The van der Waals surface area contributed by atoms with Crippen LogP contribution in [-0.2, 0) is 13.9 Å². The maximum atomic E-state index is 4.02. The Hall–Kier alpha value is -1.11. The first-order chi connectivity index (χ1) is 21.5. The summed E-state index contributed by atoms with van der Waals surface area (Å²) in [6.45, 7) is 17.3. The average molecular weight is 785 g/mol. The fourth-order valence-electron chi connectivity index (χ4n) is 9.00. The minimum Gasteiger partial charge on any atom is -1.00 e. The summed E-state index contributed by atoms with van der Waals surface area (Å²) in [6.07, 6.45) is 25.5. The Balaban J connectivity index is 0.000000282. The number of imidazole rings is 1. The molecule has 0 atom stereocenters. The van der Waals surface area contributed by atoms with Crippen LogP contribution in [0.5, 0.6) is 0 Å². The molecular weight excluding hydrogens is 723 g/mol. The second-order valence-corrected chi connectivity index (χ2v) is 25.1. The summed E-state index contributed by atoms with van der Waals surface area (Å²) in [5, 5.41) is 0. The Morgan fingerprint density at radius 1 is 0.596 bits per heavy atom. The van der Waals surface area contributed by atoms with Gasteiger partial charge in [0.15, 0.2) is 0 Å². The largest absolute Gasteiger partial charge is 1.00 e. The predicted octanol–water partition coefficient (Wildman–Crippen LogP) is 6.19. The number of hydrogen-bond acceptors (Lipinski definition) is 0. The van der Waals surface area contributed by atoms with Gasteiger partial charge in [-0.1, -0.05) is 46.4 Å². The second-order valence-electron chi connectivity index (χ2n) is 14.6. The van der Waals surface area contributed by atoms with E-state index in [9.17, 15) is 0 Å². The zero-order valence-electron chi connectivity index (χ0n) is 30.5. The molecule has 262 valence electrons. The number of aryl methyl sites for hydroxylation is 6. The molecule has 3 aliphatic carbocycles. The second kappa shape index (κ2) is 17.7. The van der Waals surface area contributed by atoms with Gasteiger partial charge in [0.25, 0.3) is 0 Å². The number of hydrogen-bond donors (Lipinski definition) is 0. The summed E-state index contributed by atoms with van der Waals surface area (Å²) in [5.74, 6) is 0. The van der Waals surface area contributed by atoms with E-state index >= 15 is 0 Å². The van der Waals surface area contributed by atoms with Gasteiger partial charge in [0.1, 0.15) is 0 Å². The minimum atomic E-state index is -2.30. The molecule has 3 fully saturated rings. The summed E-state index contributed by atoms with van der Waals surface area (Å²) >= 11 is -2.30. The molecule has 0 aliphatic heterocycles. The van der Waals surface area contributed by atoms with Crippen LogP contribution >= 0.6 is 7.92 Å². The molecule has 0 spiro atoms. The van der Waals surface area contributed by atoms with Gasteiger partial charge in [0, 0.05) is 0 Å². The van der Waals surface area contributed by atoms with E-state index in [4.69, 9.17) is 0 Å². The molecule has 0 radical (unpaired) electrons. The molecule has 1 aromatic heterocycles. The predicted molar refractivity (Wildman–Crippen MR) is 198 cm³/mol. The van der Waals surface area contributed by atoms with Gasteiger partial charge in [-0.15, -0.1) is 0 Å². The standard InChI is InChI=1S/C21H24N2.C15H27P.C3H4.2CH3.2ClH.Ru/c1-14-9-16(3)20(17(4)10-14)22-7-8-23(13-22)21-18(5)11-15(2)12-19(21)6;1-2-8-13(7-1)16(14-9-3-4-10-14)15-11-5-6-12-15;1-3-2;;;;;/h7-12H,1-6H3;13-15H,1-12H2;1,3H,2H2;2*1H3;2*1H;/q;;;;;;;+2/p-2. The van der Waals surface area contributed by atoms with Crippen LogP contribution in [0.25, 0.3) is 11.4 Å². The molecule has 6 rings (SSSR count). The van der Waals surface area contributed by atoms with Crippen LogP contribution < -0.4 is 24.8 Å². The molecule has 3 saturated carbocycles. The maximum absolute atomic E-state index is 4.02. The molecular formula is C41H61Cl2N2PRu. The molecule has 3 aromatic rings. The van der Waals surface area contributed by atoms with Gasteiger partial charge in [-0.2, -0.15) is 0 Å². The monoisotopic (exact) mass is 784 g/mol. The van der Waals surface area contributed by atoms with Crippen LogP contribution in [0.2, 0.25) is 11.0 Å². The van der Waals surface area contributed by atoms with Gasteiger partial charge in [0.2, 0.25) is 0 Å². The van der Waals surface area contributed by atoms with Crippen LogP contribution in [0.15, 0.2) is 49.3 Å². The third kappa shape index (κ3) is 9.17. The summed E-state index contributed by atoms with van der Waals surface area (Å²) in [7, 11) is 0.436. The molecule has 0 saturated heterocycles. The minimum absolute atomic E-state index is 0. The van der Waals surface area contributed by atoms with E-state index in [2.05, 4.69) is 110 Å². The summed E-state index contributed by atoms with van der Waals surface area (Å²) in [5.41, 5.74) is 19.0. The molecule has 0 N–H and O–H groups in total. The first kappa shape index (κ1) is 40.3. The Labute approximate surface area is 303 Å². The van der Waals surface area contributed by atoms with Crippen molar-refractivity contribution in [1.29, 1.82) is 0 Å². The average Bonchev–Trinajstić information content (AvgIpc) is 3.77. The fraction of sp³-hybridized carbons (Fsp3) is 0.561. The van der Waals surface area contributed by atoms with Gasteiger partial charge in [-0.3, -0.25) is 0 Å². The Bertz CT molecular complexity index is 1500. The molecule has 2 nitrogen and oxygen atoms in total. The molecule has 0 amide bonds. The SMILES string of the molecule is C1CCC(P(C2CCCC2)C2CCCC2)C1.C=C[CH]=[Ru+2]([CH3])([CH3])=[c]1n(-c2c(C)cc(C)cc2C)ccn1-c1c(C)cc(C)cc1C.[Cl-].[Cl-]. The third-order valence-electron chi connectivity index (χ3n) is 10.5. The van der Waals surface area contributed by atoms with Crippen LogP contribution in [0.1, 0.15) is 110 Å². The van der Waals surface area contributed by atoms with E-state index < -0.39 is 13.9 Å². The van der Waals surface area contributed by atoms with Gasteiger partial charge < -0.3 is 24.8 Å². The van der Waals surface area contributed by atoms with E-state index in [0.717, 1.165) is 0 Å². The van der Waals surface area contributed by atoms with E-state index in [1.54, 1.807) is 77.0 Å². The normalized spacial score (nSPS) is 17.3. The van der Waals surface area contributed by atoms with Gasteiger partial charge in [0.05, 0.1) is 0 Å². The molecule has 47 heavy (non-hydrogen) atoms. The van der Waals surface area contributed by atoms with E-state index in [0.29, 0.717) is 7.92 Å². The molecule has 2 aromatic carbocycles. The van der Waals surface area contributed by atoms with Gasteiger partial charge >= 0.3 is 178 Å². The van der Waals surface area contributed by atoms with Gasteiger partial charge in [-0.25, -0.2) is 0 Å². The van der Waals surface area contributed by atoms with Crippen molar-refractivity contribution in [2.24, 2.45) is 0 Å². The van der Waals surface area contributed by atoms with Crippen molar-refractivity contribution in [3.05, 3.63) is 86.7 Å². The fourth-order valence-corrected chi connectivity index (χ4v) is 17.8. The first-order valence-corrected chi connectivity index (χ1v) is 24.5. The van der Waals surface area contributed by atoms with Crippen molar-refractivity contribution in [3.63, 3.8) is 0 Å². The Kier molecular flexibility index (Phi) is 15.2. The van der Waals surface area contributed by atoms with E-state index in [1.807, 2.05) is 6.08 Å². The van der Waals surface area contributed by atoms with Crippen molar-refractivity contribution in [2.75, 3.05) is 0 Å². The Morgan fingerprint density at radius 2 is 0.894 bits per heavy atom. The van der Waals surface area contributed by atoms with E-state index in [1.165, 1.54) is 65.7 Å². The zero-order valence-corrected chi connectivity index (χ0v) is 34.6. The van der Waals surface area contributed by atoms with E-state index in [-0.39, 0.29) is 24.8 Å². The zero-order chi connectivity index (χ0) is 32.3. The summed E-state index contributed by atoms with van der Waals surface area (Å²) < 4.78 is 8.63. The molecule has 0 unspecified atom stereocenters. The molecule has 6 heteroatoms. The molecule has 1 heterocycles. The Morgan fingerprint density at radius 3 is 1.17 bits per heavy atom. The van der Waals surface area contributed by atoms with Crippen LogP contribution in [0, 0.1) is 45.6 Å². The molecule has 0 bridgehead atoms. The third-order valence-corrected chi connectivity index (χ3v) is 19.3. The van der Waals surface area contributed by atoms with Gasteiger partial charge in [-0.05, 0) is 55.5 Å². The maximum Gasteiger partial charge on any atom is -1.00 e. The van der Waals surface area contributed by atoms with Crippen molar-refractivity contribution in [3.8, 4) is 11.4 Å². The molecule has 3 aliphatic rings. The van der Waals surface area contributed by atoms with Crippen molar-refractivity contribution in [1.82, 2.24) is 9.13 Å². The number of halogens is 2. The van der Waals surface area contributed by atoms with Crippen LogP contribution in [-0.4, -0.2) is 30.7 Å². The topological polar surface area (TPSA) is 9.86 Å². The van der Waals surface area contributed by atoms with Crippen LogP contribution in [0.3, 0.4) is 0 Å².